The maximum atomic E-state index is 5.75. The van der Waals surface area contributed by atoms with Crippen LogP contribution in [0.1, 0.15) is 46.5 Å². The minimum Gasteiger partial charge on any atom is -0.384 e. The third kappa shape index (κ3) is 4.94. The van der Waals surface area contributed by atoms with Crippen molar-refractivity contribution in [1.29, 1.82) is 0 Å². The van der Waals surface area contributed by atoms with Gasteiger partial charge in [-0.15, -0.1) is 0 Å². The van der Waals surface area contributed by atoms with Crippen LogP contribution in [-0.4, -0.2) is 19.8 Å². The van der Waals surface area contributed by atoms with Gasteiger partial charge in [-0.2, -0.15) is 0 Å². The summed E-state index contributed by atoms with van der Waals surface area (Å²) < 4.78 is 5.21. The summed E-state index contributed by atoms with van der Waals surface area (Å²) in [6, 6.07) is 0.449. The first-order valence-electron chi connectivity index (χ1n) is 7.01. The van der Waals surface area contributed by atoms with E-state index in [9.17, 15) is 0 Å². The van der Waals surface area contributed by atoms with Gasteiger partial charge in [0.25, 0.3) is 0 Å². The summed E-state index contributed by atoms with van der Waals surface area (Å²) in [7, 11) is 1.77. The van der Waals surface area contributed by atoms with Crippen LogP contribution in [0.15, 0.2) is 0 Å². The lowest BCUT2D eigenvalue weighted by atomic mass is 9.72. The summed E-state index contributed by atoms with van der Waals surface area (Å²) in [5.74, 6) is 8.75. The van der Waals surface area contributed by atoms with E-state index in [0.717, 1.165) is 30.8 Å². The molecule has 1 saturated carbocycles. The Hall–Kier alpha value is -0.120. The van der Waals surface area contributed by atoms with Crippen molar-refractivity contribution in [3.63, 3.8) is 0 Å². The zero-order chi connectivity index (χ0) is 12.8. The number of rotatable bonds is 6. The second-order valence-corrected chi connectivity index (χ2v) is 6.25. The Bertz CT molecular complexity index is 200. The molecule has 1 aliphatic carbocycles. The lowest BCUT2D eigenvalue weighted by Gasteiger charge is -2.37. The molecule has 102 valence electrons. The van der Waals surface area contributed by atoms with Gasteiger partial charge in [0.2, 0.25) is 0 Å². The van der Waals surface area contributed by atoms with Gasteiger partial charge < -0.3 is 4.74 Å². The average Bonchev–Trinajstić information content (AvgIpc) is 2.24. The highest BCUT2D eigenvalue weighted by atomic mass is 16.5. The first kappa shape index (κ1) is 14.9. The van der Waals surface area contributed by atoms with Crippen molar-refractivity contribution in [3.05, 3.63) is 0 Å². The van der Waals surface area contributed by atoms with Crippen molar-refractivity contribution in [2.75, 3.05) is 13.7 Å². The van der Waals surface area contributed by atoms with E-state index in [1.807, 2.05) is 0 Å². The molecular weight excluding hydrogens is 212 g/mol. The first-order chi connectivity index (χ1) is 8.06. The molecule has 0 aliphatic heterocycles. The number of methoxy groups -OCH3 is 1. The van der Waals surface area contributed by atoms with E-state index in [-0.39, 0.29) is 0 Å². The predicted molar refractivity (Wildman–Crippen MR) is 72.4 cm³/mol. The van der Waals surface area contributed by atoms with Gasteiger partial charge in [0.15, 0.2) is 0 Å². The third-order valence-corrected chi connectivity index (χ3v) is 4.11. The molecule has 4 atom stereocenters. The zero-order valence-electron chi connectivity index (χ0n) is 11.9. The van der Waals surface area contributed by atoms with E-state index in [2.05, 4.69) is 26.2 Å². The van der Waals surface area contributed by atoms with Gasteiger partial charge in [-0.05, 0) is 49.4 Å². The Morgan fingerprint density at radius 3 is 2.29 bits per heavy atom. The Kier molecular flexibility index (Phi) is 6.45. The van der Waals surface area contributed by atoms with E-state index in [4.69, 9.17) is 10.6 Å². The summed E-state index contributed by atoms with van der Waals surface area (Å²) in [5, 5.41) is 0. The monoisotopic (exact) mass is 242 g/mol. The fraction of sp³-hybridized carbons (Fsp3) is 1.00. The number of hydrazine groups is 1. The molecule has 0 heterocycles. The molecule has 1 aliphatic rings. The smallest absolute Gasteiger partial charge is 0.0488 e. The minimum atomic E-state index is 0.449. The molecule has 1 fully saturated rings. The highest BCUT2D eigenvalue weighted by Gasteiger charge is 2.30. The number of ether oxygens (including phenoxy) is 1. The number of hydrogen-bond donors (Lipinski definition) is 2. The van der Waals surface area contributed by atoms with Gasteiger partial charge in [-0.1, -0.05) is 20.8 Å². The fourth-order valence-corrected chi connectivity index (χ4v) is 3.52. The zero-order valence-corrected chi connectivity index (χ0v) is 11.9. The molecule has 3 nitrogen and oxygen atoms in total. The molecule has 0 aromatic carbocycles. The second kappa shape index (κ2) is 7.34. The quantitative estimate of drug-likeness (QED) is 0.556. The lowest BCUT2D eigenvalue weighted by Crippen LogP contribution is -2.44. The molecule has 0 aromatic heterocycles. The molecule has 0 amide bonds. The van der Waals surface area contributed by atoms with Crippen molar-refractivity contribution in [2.45, 2.75) is 52.5 Å². The standard InChI is InChI=1S/C14H30N2O/c1-10-5-11(2)7-13(6-10)14(16-15)8-12(3)9-17-4/h10-14,16H,5-9,15H2,1-4H3. The predicted octanol–water partition coefficient (Wildman–Crippen LogP) is 2.56. The van der Waals surface area contributed by atoms with Crippen molar-refractivity contribution in [3.8, 4) is 0 Å². The van der Waals surface area contributed by atoms with Gasteiger partial charge in [0.05, 0.1) is 0 Å². The molecule has 3 N–H and O–H groups in total. The van der Waals surface area contributed by atoms with Gasteiger partial charge in [0, 0.05) is 19.8 Å². The first-order valence-corrected chi connectivity index (χ1v) is 7.01. The third-order valence-electron chi connectivity index (χ3n) is 4.11. The Labute approximate surface area is 106 Å². The molecule has 0 spiro atoms. The van der Waals surface area contributed by atoms with Crippen LogP contribution in [0.25, 0.3) is 0 Å². The van der Waals surface area contributed by atoms with Gasteiger partial charge in [0.1, 0.15) is 0 Å². The molecule has 3 heteroatoms. The number of hydrogen-bond acceptors (Lipinski definition) is 3. The van der Waals surface area contributed by atoms with Crippen molar-refractivity contribution in [2.24, 2.45) is 29.5 Å². The maximum Gasteiger partial charge on any atom is 0.0488 e. The highest BCUT2D eigenvalue weighted by molar-refractivity contribution is 4.83. The summed E-state index contributed by atoms with van der Waals surface area (Å²) in [5.41, 5.74) is 3.05. The number of nitrogens with one attached hydrogen (secondary N) is 1. The Morgan fingerprint density at radius 1 is 1.24 bits per heavy atom. The van der Waals surface area contributed by atoms with Crippen LogP contribution in [-0.2, 0) is 4.74 Å². The average molecular weight is 242 g/mol. The molecule has 0 aromatic rings. The van der Waals surface area contributed by atoms with E-state index in [0.29, 0.717) is 12.0 Å². The summed E-state index contributed by atoms with van der Waals surface area (Å²) in [6.45, 7) is 7.81. The van der Waals surface area contributed by atoms with Crippen LogP contribution in [0.2, 0.25) is 0 Å². The highest BCUT2D eigenvalue weighted by Crippen LogP contribution is 2.35. The van der Waals surface area contributed by atoms with Crippen LogP contribution in [0.3, 0.4) is 0 Å². The van der Waals surface area contributed by atoms with E-state index in [1.54, 1.807) is 7.11 Å². The minimum absolute atomic E-state index is 0.449. The topological polar surface area (TPSA) is 47.3 Å². The molecule has 17 heavy (non-hydrogen) atoms. The maximum absolute atomic E-state index is 5.75. The summed E-state index contributed by atoms with van der Waals surface area (Å²) in [4.78, 5) is 0. The van der Waals surface area contributed by atoms with Crippen LogP contribution < -0.4 is 11.3 Å². The van der Waals surface area contributed by atoms with Crippen LogP contribution >= 0.6 is 0 Å². The van der Waals surface area contributed by atoms with E-state index in [1.165, 1.54) is 19.3 Å². The van der Waals surface area contributed by atoms with Crippen LogP contribution in [0.4, 0.5) is 0 Å². The Balaban J connectivity index is 2.48. The van der Waals surface area contributed by atoms with Crippen molar-refractivity contribution >= 4 is 0 Å². The number of nitrogens with two attached hydrogens (primary N) is 1. The van der Waals surface area contributed by atoms with Gasteiger partial charge in [-0.3, -0.25) is 11.3 Å². The molecule has 0 saturated heterocycles. The summed E-state index contributed by atoms with van der Waals surface area (Å²) in [6.07, 6.45) is 5.13. The molecule has 0 radical (unpaired) electrons. The van der Waals surface area contributed by atoms with Crippen molar-refractivity contribution in [1.82, 2.24) is 5.43 Å². The molecule has 1 rings (SSSR count). The SMILES string of the molecule is COCC(C)CC(NN)C1CC(C)CC(C)C1. The van der Waals surface area contributed by atoms with Crippen LogP contribution in [0, 0.1) is 23.7 Å². The van der Waals surface area contributed by atoms with E-state index >= 15 is 0 Å². The normalized spacial score (nSPS) is 33.4. The lowest BCUT2D eigenvalue weighted by molar-refractivity contribution is 0.123. The van der Waals surface area contributed by atoms with Gasteiger partial charge >= 0.3 is 0 Å². The van der Waals surface area contributed by atoms with Crippen molar-refractivity contribution < 1.29 is 4.74 Å². The molecule has 0 bridgehead atoms. The molecule has 4 unspecified atom stereocenters. The second-order valence-electron chi connectivity index (χ2n) is 6.25. The largest absolute Gasteiger partial charge is 0.384 e. The van der Waals surface area contributed by atoms with Gasteiger partial charge in [-0.25, -0.2) is 0 Å². The van der Waals surface area contributed by atoms with E-state index < -0.39 is 0 Å². The summed E-state index contributed by atoms with van der Waals surface area (Å²) >= 11 is 0. The Morgan fingerprint density at radius 2 is 1.82 bits per heavy atom. The molecular formula is C14H30N2O. The van der Waals surface area contributed by atoms with Crippen LogP contribution in [0.5, 0.6) is 0 Å². The fourth-order valence-electron chi connectivity index (χ4n) is 3.52.